The minimum absolute atomic E-state index is 0.162. The van der Waals surface area contributed by atoms with E-state index < -0.39 is 30.0 Å². The largest absolute Gasteiger partial charge is 0.480 e. The molecule has 8 heteroatoms. The van der Waals surface area contributed by atoms with Gasteiger partial charge in [-0.3, -0.25) is 4.79 Å². The van der Waals surface area contributed by atoms with Gasteiger partial charge in [0.25, 0.3) is 0 Å². The van der Waals surface area contributed by atoms with Crippen molar-refractivity contribution in [3.8, 4) is 0 Å². The van der Waals surface area contributed by atoms with Crippen LogP contribution in [-0.4, -0.2) is 48.8 Å². The number of amides is 3. The van der Waals surface area contributed by atoms with E-state index in [0.717, 1.165) is 0 Å². The number of ether oxygens (including phenoxy) is 1. The summed E-state index contributed by atoms with van der Waals surface area (Å²) in [5, 5.41) is 13.5. The molecule has 0 bridgehead atoms. The lowest BCUT2D eigenvalue weighted by Crippen LogP contribution is -2.56. The summed E-state index contributed by atoms with van der Waals surface area (Å²) in [5.41, 5.74) is 5.00. The number of aliphatic carboxylic acids is 1. The van der Waals surface area contributed by atoms with Crippen LogP contribution in [0.25, 0.3) is 0 Å². The molecule has 0 aliphatic carbocycles. The zero-order valence-electron chi connectivity index (χ0n) is 11.3. The fourth-order valence-corrected chi connectivity index (χ4v) is 1.46. The van der Waals surface area contributed by atoms with Gasteiger partial charge in [-0.05, 0) is 5.92 Å². The van der Waals surface area contributed by atoms with Crippen molar-refractivity contribution in [1.29, 1.82) is 0 Å². The Hall–Kier alpha value is -1.83. The van der Waals surface area contributed by atoms with Crippen LogP contribution in [0.1, 0.15) is 20.3 Å². The topological polar surface area (TPSA) is 131 Å². The van der Waals surface area contributed by atoms with E-state index >= 15 is 0 Å². The van der Waals surface area contributed by atoms with Crippen LogP contribution < -0.4 is 16.4 Å². The SMILES string of the molecule is CCC(C)C(NC(N)=O)C(=O)NC(COC)C(=O)O. The van der Waals surface area contributed by atoms with Crippen LogP contribution in [0.3, 0.4) is 0 Å². The van der Waals surface area contributed by atoms with Gasteiger partial charge in [0.15, 0.2) is 6.04 Å². The van der Waals surface area contributed by atoms with E-state index in [-0.39, 0.29) is 12.5 Å². The third kappa shape index (κ3) is 6.05. The molecule has 0 saturated carbocycles. The molecule has 3 atom stereocenters. The molecule has 3 amide bonds. The van der Waals surface area contributed by atoms with Crippen LogP contribution in [-0.2, 0) is 14.3 Å². The van der Waals surface area contributed by atoms with Crippen LogP contribution in [0, 0.1) is 5.92 Å². The second-order valence-electron chi connectivity index (χ2n) is 4.23. The molecule has 0 spiro atoms. The van der Waals surface area contributed by atoms with Gasteiger partial charge in [0.2, 0.25) is 5.91 Å². The van der Waals surface area contributed by atoms with E-state index in [0.29, 0.717) is 6.42 Å². The molecule has 110 valence electrons. The number of nitrogens with one attached hydrogen (secondary N) is 2. The number of carboxylic acids is 1. The first-order valence-electron chi connectivity index (χ1n) is 5.91. The number of hydrogen-bond donors (Lipinski definition) is 4. The van der Waals surface area contributed by atoms with Gasteiger partial charge >= 0.3 is 12.0 Å². The fourth-order valence-electron chi connectivity index (χ4n) is 1.46. The maximum Gasteiger partial charge on any atom is 0.328 e. The number of primary amides is 1. The maximum atomic E-state index is 12.0. The number of hydrogen-bond acceptors (Lipinski definition) is 4. The molecule has 0 aromatic heterocycles. The lowest BCUT2D eigenvalue weighted by molar-refractivity contribution is -0.143. The van der Waals surface area contributed by atoms with E-state index in [2.05, 4.69) is 10.6 Å². The van der Waals surface area contributed by atoms with Gasteiger partial charge in [-0.1, -0.05) is 20.3 Å². The summed E-state index contributed by atoms with van der Waals surface area (Å²) in [6, 6.07) is -2.88. The molecule has 0 fully saturated rings. The summed E-state index contributed by atoms with van der Waals surface area (Å²) in [4.78, 5) is 33.7. The number of carboxylic acid groups (broad SMARTS) is 1. The Morgan fingerprint density at radius 2 is 1.89 bits per heavy atom. The highest BCUT2D eigenvalue weighted by molar-refractivity contribution is 5.90. The summed E-state index contributed by atoms with van der Waals surface area (Å²) in [5.74, 6) is -1.99. The zero-order chi connectivity index (χ0) is 15.0. The monoisotopic (exact) mass is 275 g/mol. The average molecular weight is 275 g/mol. The molecule has 0 aromatic rings. The zero-order valence-corrected chi connectivity index (χ0v) is 11.3. The van der Waals surface area contributed by atoms with Crippen LogP contribution in [0.5, 0.6) is 0 Å². The molecule has 0 rings (SSSR count). The summed E-state index contributed by atoms with van der Waals surface area (Å²) in [7, 11) is 1.33. The predicted octanol–water partition coefficient (Wildman–Crippen LogP) is -0.715. The van der Waals surface area contributed by atoms with Crippen molar-refractivity contribution < 1.29 is 24.2 Å². The third-order valence-electron chi connectivity index (χ3n) is 2.74. The predicted molar refractivity (Wildman–Crippen MR) is 67.4 cm³/mol. The van der Waals surface area contributed by atoms with Crippen molar-refractivity contribution in [3.63, 3.8) is 0 Å². The van der Waals surface area contributed by atoms with Crippen LogP contribution in [0.15, 0.2) is 0 Å². The van der Waals surface area contributed by atoms with Crippen LogP contribution >= 0.6 is 0 Å². The molecule has 0 aliphatic rings. The van der Waals surface area contributed by atoms with Crippen molar-refractivity contribution in [2.24, 2.45) is 11.7 Å². The molecule has 0 radical (unpaired) electrons. The van der Waals surface area contributed by atoms with Gasteiger partial charge in [-0.25, -0.2) is 9.59 Å². The molecule has 0 aromatic carbocycles. The first kappa shape index (κ1) is 17.2. The minimum atomic E-state index is -1.21. The van der Waals surface area contributed by atoms with Gasteiger partial charge < -0.3 is 26.2 Å². The summed E-state index contributed by atoms with van der Waals surface area (Å²) in [6.45, 7) is 3.44. The third-order valence-corrected chi connectivity index (χ3v) is 2.74. The van der Waals surface area contributed by atoms with Crippen molar-refractivity contribution in [2.45, 2.75) is 32.4 Å². The Morgan fingerprint density at radius 1 is 1.32 bits per heavy atom. The number of rotatable bonds is 8. The minimum Gasteiger partial charge on any atom is -0.480 e. The van der Waals surface area contributed by atoms with Gasteiger partial charge in [0, 0.05) is 7.11 Å². The summed E-state index contributed by atoms with van der Waals surface area (Å²) >= 11 is 0. The molecule has 19 heavy (non-hydrogen) atoms. The van der Waals surface area contributed by atoms with E-state index in [1.807, 2.05) is 6.92 Å². The molecule has 8 nitrogen and oxygen atoms in total. The standard InChI is InChI=1S/C11H21N3O5/c1-4-6(2)8(14-11(12)18)9(15)13-7(5-19-3)10(16)17/h6-8H,4-5H2,1-3H3,(H,13,15)(H,16,17)(H3,12,14,18). The number of urea groups is 1. The normalized spacial score (nSPS) is 15.1. The molecule has 0 saturated heterocycles. The Labute approximate surface area is 111 Å². The Balaban J connectivity index is 4.78. The van der Waals surface area contributed by atoms with Crippen molar-refractivity contribution in [3.05, 3.63) is 0 Å². The molecular weight excluding hydrogens is 254 g/mol. The highest BCUT2D eigenvalue weighted by atomic mass is 16.5. The van der Waals surface area contributed by atoms with Crippen LogP contribution in [0.2, 0.25) is 0 Å². The number of nitrogens with two attached hydrogens (primary N) is 1. The smallest absolute Gasteiger partial charge is 0.328 e. The van der Waals surface area contributed by atoms with E-state index in [1.165, 1.54) is 7.11 Å². The van der Waals surface area contributed by atoms with Crippen molar-refractivity contribution in [2.75, 3.05) is 13.7 Å². The number of carbonyl (C=O) groups is 3. The summed E-state index contributed by atoms with van der Waals surface area (Å²) < 4.78 is 4.71. The number of carbonyl (C=O) groups excluding carboxylic acids is 2. The average Bonchev–Trinajstić information content (AvgIpc) is 2.33. The van der Waals surface area contributed by atoms with Crippen LogP contribution in [0.4, 0.5) is 4.79 Å². The Kier molecular flexibility index (Phi) is 7.50. The second kappa shape index (κ2) is 8.30. The summed E-state index contributed by atoms with van der Waals surface area (Å²) in [6.07, 6.45) is 0.625. The molecule has 5 N–H and O–H groups in total. The second-order valence-corrected chi connectivity index (χ2v) is 4.23. The van der Waals surface area contributed by atoms with Crippen molar-refractivity contribution >= 4 is 17.9 Å². The molecular formula is C11H21N3O5. The van der Waals surface area contributed by atoms with Crippen molar-refractivity contribution in [1.82, 2.24) is 10.6 Å². The van der Waals surface area contributed by atoms with E-state index in [4.69, 9.17) is 15.6 Å². The molecule has 0 heterocycles. The first-order valence-corrected chi connectivity index (χ1v) is 5.91. The van der Waals surface area contributed by atoms with Gasteiger partial charge in [-0.2, -0.15) is 0 Å². The van der Waals surface area contributed by atoms with Gasteiger partial charge in [0.05, 0.1) is 6.61 Å². The highest BCUT2D eigenvalue weighted by Crippen LogP contribution is 2.08. The lowest BCUT2D eigenvalue weighted by atomic mass is 9.98. The van der Waals surface area contributed by atoms with E-state index in [1.54, 1.807) is 6.92 Å². The number of methoxy groups -OCH3 is 1. The molecule has 3 unspecified atom stereocenters. The molecule has 0 aliphatic heterocycles. The quantitative estimate of drug-likeness (QED) is 0.464. The lowest BCUT2D eigenvalue weighted by Gasteiger charge is -2.24. The Bertz CT molecular complexity index is 334. The maximum absolute atomic E-state index is 12.0. The highest BCUT2D eigenvalue weighted by Gasteiger charge is 2.29. The van der Waals surface area contributed by atoms with Gasteiger partial charge in [0.1, 0.15) is 6.04 Å². The Morgan fingerprint density at radius 3 is 2.26 bits per heavy atom. The fraction of sp³-hybridized carbons (Fsp3) is 0.727. The first-order chi connectivity index (χ1) is 8.83. The van der Waals surface area contributed by atoms with Gasteiger partial charge in [-0.15, -0.1) is 0 Å². The van der Waals surface area contributed by atoms with E-state index in [9.17, 15) is 14.4 Å².